The first-order valence-corrected chi connectivity index (χ1v) is 14.9. The number of pyridine rings is 1. The van der Waals surface area contributed by atoms with Crippen molar-refractivity contribution >= 4 is 27.9 Å². The van der Waals surface area contributed by atoms with Gasteiger partial charge in [-0.2, -0.15) is 5.10 Å². The molecular weight excluding hydrogens is 551 g/mol. The highest BCUT2D eigenvalue weighted by atomic mass is 19.1. The van der Waals surface area contributed by atoms with Gasteiger partial charge in [0.15, 0.2) is 11.5 Å². The average Bonchev–Trinajstić information content (AvgIpc) is 3.57. The smallest absolute Gasteiger partial charge is 0.161 e. The summed E-state index contributed by atoms with van der Waals surface area (Å²) >= 11 is 0. The number of hydrogen-bond acceptors (Lipinski definition) is 6. The molecule has 0 spiro atoms. The molecule has 0 radical (unpaired) electrons. The molecule has 0 aliphatic rings. The molecule has 0 bridgehead atoms. The monoisotopic (exact) mass is 594 g/mol. The lowest BCUT2D eigenvalue weighted by Crippen LogP contribution is -2.20. The molecule has 0 aliphatic carbocycles. The Morgan fingerprint density at radius 3 is 2.61 bits per heavy atom. The van der Waals surface area contributed by atoms with E-state index in [-0.39, 0.29) is 11.9 Å². The highest BCUT2D eigenvalue weighted by molar-refractivity contribution is 5.90. The maximum absolute atomic E-state index is 14.8. The van der Waals surface area contributed by atoms with Gasteiger partial charge in [-0.15, -0.1) is 0 Å². The number of H-pyrrole nitrogens is 2. The zero-order valence-corrected chi connectivity index (χ0v) is 26.7. The minimum atomic E-state index is -0.318. The third kappa shape index (κ3) is 7.79. The topological polar surface area (TPSA) is 97.5 Å². The summed E-state index contributed by atoms with van der Waals surface area (Å²) in [6.07, 6.45) is 11.7. The molecule has 1 aromatic carbocycles. The van der Waals surface area contributed by atoms with Crippen molar-refractivity contribution in [2.24, 2.45) is 0 Å². The predicted octanol–water partition coefficient (Wildman–Crippen LogP) is 7.25. The Hall–Kier alpha value is -4.76. The second-order valence-corrected chi connectivity index (χ2v) is 11.1. The molecule has 0 amide bonds. The molecular formula is C35H43FN8. The molecule has 0 atom stereocenters. The fourth-order valence-electron chi connectivity index (χ4n) is 4.80. The molecule has 0 unspecified atom stereocenters. The number of allylic oxidation sites excluding steroid dienone is 7. The number of nitrogens with zero attached hydrogens (tertiary/aromatic N) is 4. The second-order valence-electron chi connectivity index (χ2n) is 11.1. The van der Waals surface area contributed by atoms with Crippen LogP contribution in [0.2, 0.25) is 0 Å². The Balaban J connectivity index is 1.75. The largest absolute Gasteiger partial charge is 0.384 e. The van der Waals surface area contributed by atoms with Crippen molar-refractivity contribution < 1.29 is 4.39 Å². The minimum Gasteiger partial charge on any atom is -0.384 e. The van der Waals surface area contributed by atoms with E-state index >= 15 is 0 Å². The average molecular weight is 595 g/mol. The molecule has 0 saturated heterocycles. The fourth-order valence-corrected chi connectivity index (χ4v) is 4.80. The van der Waals surface area contributed by atoms with E-state index < -0.39 is 0 Å². The van der Waals surface area contributed by atoms with Crippen molar-refractivity contribution in [3.05, 3.63) is 108 Å². The summed E-state index contributed by atoms with van der Waals surface area (Å²) in [6, 6.07) is 9.22. The second kappa shape index (κ2) is 14.6. The summed E-state index contributed by atoms with van der Waals surface area (Å²) < 4.78 is 14.8. The predicted molar refractivity (Wildman–Crippen MR) is 182 cm³/mol. The third-order valence-electron chi connectivity index (χ3n) is 6.92. The maximum atomic E-state index is 14.8. The van der Waals surface area contributed by atoms with E-state index in [0.29, 0.717) is 35.0 Å². The van der Waals surface area contributed by atoms with Gasteiger partial charge in [0.25, 0.3) is 0 Å². The molecule has 9 heteroatoms. The lowest BCUT2D eigenvalue weighted by molar-refractivity contribution is 0.425. The van der Waals surface area contributed by atoms with Crippen LogP contribution in [0.15, 0.2) is 79.1 Å². The Kier molecular flexibility index (Phi) is 10.7. The summed E-state index contributed by atoms with van der Waals surface area (Å²) in [7, 11) is 4.02. The first-order chi connectivity index (χ1) is 21.1. The van der Waals surface area contributed by atoms with Crippen LogP contribution < -0.4 is 10.6 Å². The van der Waals surface area contributed by atoms with Gasteiger partial charge in [-0.3, -0.25) is 5.10 Å². The zero-order chi connectivity index (χ0) is 31.8. The van der Waals surface area contributed by atoms with E-state index in [1.54, 1.807) is 6.08 Å². The standard InChI is InChI=1S/C35H43FN8/c1-9-12-13-29(25-18-26(36)21-28(20-25)37-16-17-44(7)8)32-23(6)39-35(41-32)34-33-31(42-43-34)15-14-30(40-33)24(10-2)19-27(11-3)38-22(4)5/h9-15,18-22,37-38H,3,16-17H2,1-2,4-8H3,(H,39,41)(H,42,43)/b12-9-,24-10+,27-19+,29-13-. The molecule has 230 valence electrons. The molecule has 44 heavy (non-hydrogen) atoms. The van der Waals surface area contributed by atoms with E-state index in [1.807, 2.05) is 83.4 Å². The van der Waals surface area contributed by atoms with Gasteiger partial charge in [-0.25, -0.2) is 14.4 Å². The lowest BCUT2D eigenvalue weighted by atomic mass is 10.00. The van der Waals surface area contributed by atoms with Crippen LogP contribution in [0.1, 0.15) is 50.3 Å². The van der Waals surface area contributed by atoms with Gasteiger partial charge < -0.3 is 20.5 Å². The summed E-state index contributed by atoms with van der Waals surface area (Å²) in [5.74, 6) is 0.257. The van der Waals surface area contributed by atoms with Crippen LogP contribution in [0.4, 0.5) is 10.1 Å². The number of aromatic nitrogens is 5. The normalized spacial score (nSPS) is 13.1. The number of nitrogens with one attached hydrogen (secondary N) is 4. The van der Waals surface area contributed by atoms with Gasteiger partial charge >= 0.3 is 0 Å². The number of fused-ring (bicyclic) bond motifs is 1. The van der Waals surface area contributed by atoms with Crippen molar-refractivity contribution in [1.29, 1.82) is 0 Å². The van der Waals surface area contributed by atoms with Gasteiger partial charge in [-0.05, 0) is 102 Å². The number of anilines is 1. The van der Waals surface area contributed by atoms with Crippen molar-refractivity contribution in [2.75, 3.05) is 32.5 Å². The SMILES string of the molecule is C=C/C(=C\C(=C/C)c1ccc2[nH]nc(-c3nc(/C(=C\C=C/C)c4cc(F)cc(NCCN(C)C)c4)c(C)[nH]3)c2n1)NC(C)C. The van der Waals surface area contributed by atoms with E-state index in [0.717, 1.165) is 45.9 Å². The summed E-state index contributed by atoms with van der Waals surface area (Å²) in [5, 5.41) is 14.4. The number of imidazole rings is 1. The first-order valence-electron chi connectivity index (χ1n) is 14.9. The maximum Gasteiger partial charge on any atom is 0.161 e. The summed E-state index contributed by atoms with van der Waals surface area (Å²) in [6.45, 7) is 15.5. The van der Waals surface area contributed by atoms with Crippen LogP contribution >= 0.6 is 0 Å². The van der Waals surface area contributed by atoms with Crippen LogP contribution in [-0.2, 0) is 0 Å². The van der Waals surface area contributed by atoms with E-state index in [1.165, 1.54) is 12.1 Å². The summed E-state index contributed by atoms with van der Waals surface area (Å²) in [4.78, 5) is 15.5. The third-order valence-corrected chi connectivity index (χ3v) is 6.92. The highest BCUT2D eigenvalue weighted by Crippen LogP contribution is 2.32. The minimum absolute atomic E-state index is 0.273. The molecule has 4 aromatic rings. The Bertz CT molecular complexity index is 1730. The van der Waals surface area contributed by atoms with Crippen LogP contribution in [0.3, 0.4) is 0 Å². The van der Waals surface area contributed by atoms with Crippen molar-refractivity contribution in [2.45, 2.75) is 40.7 Å². The van der Waals surface area contributed by atoms with Gasteiger partial charge in [-0.1, -0.05) is 30.9 Å². The van der Waals surface area contributed by atoms with Crippen molar-refractivity contribution in [1.82, 2.24) is 35.4 Å². The molecule has 4 rings (SSSR count). The highest BCUT2D eigenvalue weighted by Gasteiger charge is 2.20. The van der Waals surface area contributed by atoms with Crippen LogP contribution in [0, 0.1) is 12.7 Å². The van der Waals surface area contributed by atoms with Crippen molar-refractivity contribution in [3.8, 4) is 11.5 Å². The van der Waals surface area contributed by atoms with E-state index in [9.17, 15) is 4.39 Å². The van der Waals surface area contributed by atoms with Gasteiger partial charge in [0.1, 0.15) is 11.3 Å². The molecule has 8 nitrogen and oxygen atoms in total. The van der Waals surface area contributed by atoms with Crippen LogP contribution in [-0.4, -0.2) is 63.3 Å². The van der Waals surface area contributed by atoms with E-state index in [2.05, 4.69) is 51.1 Å². The molecule has 3 heterocycles. The number of benzene rings is 1. The Morgan fingerprint density at radius 1 is 1.14 bits per heavy atom. The molecule has 3 aromatic heterocycles. The van der Waals surface area contributed by atoms with Gasteiger partial charge in [0, 0.05) is 41.8 Å². The molecule has 4 N–H and O–H groups in total. The summed E-state index contributed by atoms with van der Waals surface area (Å²) in [5.41, 5.74) is 8.56. The molecule has 0 fully saturated rings. The first kappa shape index (κ1) is 32.2. The zero-order valence-electron chi connectivity index (χ0n) is 26.7. The number of hydrogen-bond donors (Lipinski definition) is 4. The van der Waals surface area contributed by atoms with Crippen molar-refractivity contribution in [3.63, 3.8) is 0 Å². The van der Waals surface area contributed by atoms with Crippen LogP contribution in [0.5, 0.6) is 0 Å². The number of rotatable bonds is 13. The Labute approximate surface area is 259 Å². The lowest BCUT2D eigenvalue weighted by Gasteiger charge is -2.13. The van der Waals surface area contributed by atoms with Gasteiger partial charge in [0.05, 0.1) is 16.9 Å². The number of halogens is 1. The molecule has 0 aliphatic heterocycles. The molecule has 0 saturated carbocycles. The van der Waals surface area contributed by atoms with Gasteiger partial charge in [0.2, 0.25) is 0 Å². The van der Waals surface area contributed by atoms with Crippen LogP contribution in [0.25, 0.3) is 33.7 Å². The Morgan fingerprint density at radius 2 is 1.93 bits per heavy atom. The number of aryl methyl sites for hydroxylation is 1. The quantitative estimate of drug-likeness (QED) is 0.122. The fraction of sp³-hybridized carbons (Fsp3) is 0.286. The number of likely N-dealkylation sites (N-methyl/N-ethyl adjacent to an activating group) is 1. The van der Waals surface area contributed by atoms with E-state index in [4.69, 9.17) is 9.97 Å². The number of aromatic amines is 2.